The predicted octanol–water partition coefficient (Wildman–Crippen LogP) is 3.54. The van der Waals surface area contributed by atoms with E-state index in [-0.39, 0.29) is 6.61 Å². The number of hydrogen-bond acceptors (Lipinski definition) is 6. The van der Waals surface area contributed by atoms with Crippen LogP contribution in [0.25, 0.3) is 0 Å². The quantitative estimate of drug-likeness (QED) is 0.627. The number of rotatable bonds is 10. The van der Waals surface area contributed by atoms with Crippen molar-refractivity contribution in [3.8, 4) is 11.5 Å². The summed E-state index contributed by atoms with van der Waals surface area (Å²) >= 11 is 7.55. The molecule has 0 amide bonds. The first-order valence-corrected chi connectivity index (χ1v) is 10.5. The number of halogens is 1. The van der Waals surface area contributed by atoms with Gasteiger partial charge in [0.2, 0.25) is 0 Å². The van der Waals surface area contributed by atoms with Crippen LogP contribution in [0.1, 0.15) is 23.3 Å². The molecule has 5 nitrogen and oxygen atoms in total. The van der Waals surface area contributed by atoms with Gasteiger partial charge in [-0.15, -0.1) is 11.3 Å². The zero-order valence-corrected chi connectivity index (χ0v) is 17.2. The molecular weight excluding hydrogens is 384 g/mol. The van der Waals surface area contributed by atoms with Gasteiger partial charge in [0.05, 0.1) is 11.4 Å². The lowest BCUT2D eigenvalue weighted by atomic mass is 10.2. The van der Waals surface area contributed by atoms with Crippen molar-refractivity contribution < 1.29 is 14.6 Å². The van der Waals surface area contributed by atoms with E-state index in [9.17, 15) is 5.11 Å². The second-order valence-corrected chi connectivity index (χ2v) is 8.56. The number of methoxy groups -OCH3 is 1. The maximum Gasteiger partial charge on any atom is 0.127 e. The lowest BCUT2D eigenvalue weighted by Crippen LogP contribution is -2.33. The average Bonchev–Trinajstić information content (AvgIpc) is 3.32. The van der Waals surface area contributed by atoms with E-state index >= 15 is 0 Å². The third kappa shape index (κ3) is 6.36. The minimum Gasteiger partial charge on any atom is -0.497 e. The molecular formula is C20H27ClN2O3S. The molecule has 1 aliphatic rings. The van der Waals surface area contributed by atoms with Gasteiger partial charge in [0, 0.05) is 36.1 Å². The van der Waals surface area contributed by atoms with Gasteiger partial charge in [-0.05, 0) is 44.1 Å². The SMILES string of the molecule is COc1ccc(CNCc2ccc(Cl)s2)c(OCC(O)CN2CCCC2)c1. The van der Waals surface area contributed by atoms with Gasteiger partial charge in [0.15, 0.2) is 0 Å². The van der Waals surface area contributed by atoms with Gasteiger partial charge < -0.3 is 24.8 Å². The summed E-state index contributed by atoms with van der Waals surface area (Å²) in [4.78, 5) is 3.48. The third-order valence-corrected chi connectivity index (χ3v) is 5.85. The summed E-state index contributed by atoms with van der Waals surface area (Å²) in [6, 6.07) is 9.73. The minimum atomic E-state index is -0.497. The van der Waals surface area contributed by atoms with Crippen molar-refractivity contribution in [2.45, 2.75) is 32.0 Å². The Morgan fingerprint density at radius 2 is 2.04 bits per heavy atom. The van der Waals surface area contributed by atoms with Crippen LogP contribution in [0, 0.1) is 0 Å². The summed E-state index contributed by atoms with van der Waals surface area (Å²) < 4.78 is 12.1. The van der Waals surface area contributed by atoms with E-state index in [1.807, 2.05) is 30.3 Å². The number of nitrogens with one attached hydrogen (secondary N) is 1. The fourth-order valence-corrected chi connectivity index (χ4v) is 4.27. The highest BCUT2D eigenvalue weighted by atomic mass is 35.5. The molecule has 0 bridgehead atoms. The highest BCUT2D eigenvalue weighted by Crippen LogP contribution is 2.26. The first kappa shape index (κ1) is 20.4. The highest BCUT2D eigenvalue weighted by molar-refractivity contribution is 7.16. The van der Waals surface area contributed by atoms with Crippen LogP contribution in [0.15, 0.2) is 30.3 Å². The Hall–Kier alpha value is -1.31. The van der Waals surface area contributed by atoms with Crippen molar-refractivity contribution in [1.29, 1.82) is 0 Å². The van der Waals surface area contributed by atoms with Crippen LogP contribution in [0.2, 0.25) is 4.34 Å². The van der Waals surface area contributed by atoms with Crippen LogP contribution in [-0.4, -0.2) is 49.5 Å². The molecule has 1 unspecified atom stereocenters. The molecule has 2 aromatic rings. The molecule has 0 spiro atoms. The number of aliphatic hydroxyl groups is 1. The molecule has 3 rings (SSSR count). The van der Waals surface area contributed by atoms with Gasteiger partial charge in [-0.1, -0.05) is 17.7 Å². The van der Waals surface area contributed by atoms with Crippen molar-refractivity contribution >= 4 is 22.9 Å². The molecule has 2 N–H and O–H groups in total. The maximum absolute atomic E-state index is 10.3. The van der Waals surface area contributed by atoms with Crippen molar-refractivity contribution in [1.82, 2.24) is 10.2 Å². The molecule has 1 aromatic carbocycles. The van der Waals surface area contributed by atoms with Gasteiger partial charge in [-0.3, -0.25) is 0 Å². The number of benzene rings is 1. The molecule has 1 aliphatic heterocycles. The van der Waals surface area contributed by atoms with Crippen LogP contribution < -0.4 is 14.8 Å². The second kappa shape index (κ2) is 10.3. The molecule has 2 heterocycles. The Morgan fingerprint density at radius 1 is 1.22 bits per heavy atom. The lowest BCUT2D eigenvalue weighted by molar-refractivity contribution is 0.0753. The van der Waals surface area contributed by atoms with Gasteiger partial charge in [0.1, 0.15) is 24.2 Å². The van der Waals surface area contributed by atoms with Crippen molar-refractivity contribution in [2.75, 3.05) is 33.4 Å². The molecule has 1 saturated heterocycles. The molecule has 0 radical (unpaired) electrons. The highest BCUT2D eigenvalue weighted by Gasteiger charge is 2.17. The smallest absolute Gasteiger partial charge is 0.127 e. The van der Waals surface area contributed by atoms with E-state index in [1.165, 1.54) is 17.7 Å². The number of ether oxygens (including phenoxy) is 2. The second-order valence-electron chi connectivity index (χ2n) is 6.76. The number of thiophene rings is 1. The number of β-amino-alcohol motifs (C(OH)–C–C–N with tert-alkyl or cyclic N) is 1. The Labute approximate surface area is 169 Å². The first-order chi connectivity index (χ1) is 13.1. The van der Waals surface area contributed by atoms with E-state index in [0.29, 0.717) is 13.1 Å². The summed E-state index contributed by atoms with van der Waals surface area (Å²) in [5, 5.41) is 13.7. The zero-order valence-electron chi connectivity index (χ0n) is 15.6. The number of aliphatic hydroxyl groups excluding tert-OH is 1. The maximum atomic E-state index is 10.3. The summed E-state index contributed by atoms with van der Waals surface area (Å²) in [7, 11) is 1.64. The van der Waals surface area contributed by atoms with Crippen molar-refractivity contribution in [3.05, 3.63) is 45.1 Å². The molecule has 148 valence electrons. The molecule has 0 aliphatic carbocycles. The number of likely N-dealkylation sites (tertiary alicyclic amines) is 1. The zero-order chi connectivity index (χ0) is 19.1. The van der Waals surface area contributed by atoms with E-state index in [4.69, 9.17) is 21.1 Å². The van der Waals surface area contributed by atoms with Gasteiger partial charge in [-0.25, -0.2) is 0 Å². The lowest BCUT2D eigenvalue weighted by Gasteiger charge is -2.20. The number of hydrogen-bond donors (Lipinski definition) is 2. The molecule has 0 saturated carbocycles. The van der Waals surface area contributed by atoms with E-state index in [1.54, 1.807) is 18.4 Å². The summed E-state index contributed by atoms with van der Waals surface area (Å²) in [6.45, 7) is 4.49. The Balaban J connectivity index is 1.54. The minimum absolute atomic E-state index is 0.275. The van der Waals surface area contributed by atoms with Crippen LogP contribution in [-0.2, 0) is 13.1 Å². The molecule has 1 atom stereocenters. The Kier molecular flexibility index (Phi) is 7.79. The van der Waals surface area contributed by atoms with Crippen molar-refractivity contribution in [3.63, 3.8) is 0 Å². The van der Waals surface area contributed by atoms with Crippen LogP contribution in [0.3, 0.4) is 0 Å². The van der Waals surface area contributed by atoms with Crippen LogP contribution >= 0.6 is 22.9 Å². The molecule has 27 heavy (non-hydrogen) atoms. The van der Waals surface area contributed by atoms with E-state index < -0.39 is 6.10 Å². The summed E-state index contributed by atoms with van der Waals surface area (Å²) in [6.07, 6.45) is 1.94. The molecule has 1 fully saturated rings. The Bertz CT molecular complexity index is 719. The summed E-state index contributed by atoms with van der Waals surface area (Å²) in [5.41, 5.74) is 1.03. The van der Waals surface area contributed by atoms with Crippen LogP contribution in [0.5, 0.6) is 11.5 Å². The predicted molar refractivity (Wildman–Crippen MR) is 110 cm³/mol. The Morgan fingerprint density at radius 3 is 2.74 bits per heavy atom. The number of nitrogens with zero attached hydrogens (tertiary/aromatic N) is 1. The van der Waals surface area contributed by atoms with Crippen molar-refractivity contribution in [2.24, 2.45) is 0 Å². The third-order valence-electron chi connectivity index (χ3n) is 4.62. The van der Waals surface area contributed by atoms with E-state index in [0.717, 1.165) is 41.0 Å². The largest absolute Gasteiger partial charge is 0.497 e. The monoisotopic (exact) mass is 410 g/mol. The van der Waals surface area contributed by atoms with Gasteiger partial charge >= 0.3 is 0 Å². The van der Waals surface area contributed by atoms with Gasteiger partial charge in [0.25, 0.3) is 0 Å². The average molecular weight is 411 g/mol. The fraction of sp³-hybridized carbons (Fsp3) is 0.500. The molecule has 1 aromatic heterocycles. The van der Waals surface area contributed by atoms with Crippen LogP contribution in [0.4, 0.5) is 0 Å². The fourth-order valence-electron chi connectivity index (χ4n) is 3.21. The topological polar surface area (TPSA) is 54.0 Å². The van der Waals surface area contributed by atoms with E-state index in [2.05, 4.69) is 10.2 Å². The summed E-state index contributed by atoms with van der Waals surface area (Å²) in [5.74, 6) is 1.49. The first-order valence-electron chi connectivity index (χ1n) is 9.29. The normalized spacial score (nSPS) is 15.8. The van der Waals surface area contributed by atoms with Gasteiger partial charge in [-0.2, -0.15) is 0 Å². The molecule has 7 heteroatoms. The standard InChI is InChI=1S/C20H27ClN2O3S/c1-25-17-5-4-15(11-22-12-18-6-7-20(21)27-18)19(10-17)26-14-16(24)13-23-8-2-3-9-23/h4-7,10,16,22,24H,2-3,8-9,11-14H2,1H3.